The number of alkyl halides is 3. The molecule has 0 bridgehead atoms. The van der Waals surface area contributed by atoms with Crippen molar-refractivity contribution in [2.45, 2.75) is 32.3 Å². The van der Waals surface area contributed by atoms with Crippen LogP contribution in [0.15, 0.2) is 42.5 Å². The van der Waals surface area contributed by atoms with Crippen LogP contribution in [0.2, 0.25) is 0 Å². The standard InChI is InChI=1S/C17H17F4NO/c1-11(13-3-5-15(6-4-13)17(19,20)21)22-9-12-2-7-16(18)14(8-12)10-23/h2-8,11,22-23H,9-10H2,1H3. The van der Waals surface area contributed by atoms with Gasteiger partial charge in [-0.3, -0.25) is 0 Å². The van der Waals surface area contributed by atoms with Crippen LogP contribution in [0, 0.1) is 5.82 Å². The van der Waals surface area contributed by atoms with Crippen LogP contribution in [-0.2, 0) is 19.3 Å². The number of rotatable bonds is 5. The second-order valence-electron chi connectivity index (χ2n) is 5.31. The van der Waals surface area contributed by atoms with E-state index in [1.807, 2.05) is 6.92 Å². The van der Waals surface area contributed by atoms with Gasteiger partial charge in [0.1, 0.15) is 5.82 Å². The average molecular weight is 327 g/mol. The van der Waals surface area contributed by atoms with Crippen molar-refractivity contribution >= 4 is 0 Å². The Hall–Kier alpha value is -1.92. The molecule has 0 aliphatic carbocycles. The lowest BCUT2D eigenvalue weighted by molar-refractivity contribution is -0.137. The van der Waals surface area contributed by atoms with E-state index >= 15 is 0 Å². The number of nitrogens with one attached hydrogen (secondary N) is 1. The maximum atomic E-state index is 13.3. The highest BCUT2D eigenvalue weighted by Gasteiger charge is 2.30. The molecule has 1 atom stereocenters. The third-order valence-corrected chi connectivity index (χ3v) is 3.63. The van der Waals surface area contributed by atoms with Crippen molar-refractivity contribution in [3.63, 3.8) is 0 Å². The molecule has 1 unspecified atom stereocenters. The van der Waals surface area contributed by atoms with Crippen molar-refractivity contribution in [3.8, 4) is 0 Å². The summed E-state index contributed by atoms with van der Waals surface area (Å²) in [6.45, 7) is 1.86. The van der Waals surface area contributed by atoms with Gasteiger partial charge in [0.25, 0.3) is 0 Å². The molecule has 0 spiro atoms. The second kappa shape index (κ2) is 7.10. The highest BCUT2D eigenvalue weighted by atomic mass is 19.4. The van der Waals surface area contributed by atoms with Crippen molar-refractivity contribution in [2.75, 3.05) is 0 Å². The Bertz CT molecular complexity index is 653. The molecule has 0 fully saturated rings. The summed E-state index contributed by atoms with van der Waals surface area (Å²) < 4.78 is 50.9. The minimum absolute atomic E-state index is 0.167. The molecule has 0 heterocycles. The summed E-state index contributed by atoms with van der Waals surface area (Å²) in [5.41, 5.74) is 1.04. The fourth-order valence-electron chi connectivity index (χ4n) is 2.21. The highest BCUT2D eigenvalue weighted by molar-refractivity contribution is 5.27. The molecule has 0 aliphatic rings. The normalized spacial score (nSPS) is 13.1. The molecule has 6 heteroatoms. The third kappa shape index (κ3) is 4.53. The van der Waals surface area contributed by atoms with Crippen LogP contribution in [0.3, 0.4) is 0 Å². The van der Waals surface area contributed by atoms with Gasteiger partial charge in [0, 0.05) is 18.2 Å². The van der Waals surface area contributed by atoms with Gasteiger partial charge in [0.05, 0.1) is 12.2 Å². The van der Waals surface area contributed by atoms with Gasteiger partial charge in [0.2, 0.25) is 0 Å². The maximum Gasteiger partial charge on any atom is 0.416 e. The molecule has 0 saturated carbocycles. The largest absolute Gasteiger partial charge is 0.416 e. The van der Waals surface area contributed by atoms with E-state index in [1.165, 1.54) is 18.2 Å². The molecule has 0 amide bonds. The van der Waals surface area contributed by atoms with Gasteiger partial charge in [-0.2, -0.15) is 13.2 Å². The van der Waals surface area contributed by atoms with Crippen LogP contribution < -0.4 is 5.32 Å². The molecular weight excluding hydrogens is 310 g/mol. The molecule has 2 rings (SSSR count). The van der Waals surface area contributed by atoms with Crippen LogP contribution in [0.1, 0.15) is 35.2 Å². The molecule has 23 heavy (non-hydrogen) atoms. The molecule has 0 aliphatic heterocycles. The van der Waals surface area contributed by atoms with E-state index in [0.717, 1.165) is 23.3 Å². The van der Waals surface area contributed by atoms with E-state index in [1.54, 1.807) is 12.1 Å². The minimum atomic E-state index is -4.34. The number of hydrogen-bond donors (Lipinski definition) is 2. The molecule has 2 nitrogen and oxygen atoms in total. The van der Waals surface area contributed by atoms with Crippen LogP contribution >= 0.6 is 0 Å². The smallest absolute Gasteiger partial charge is 0.392 e. The van der Waals surface area contributed by atoms with Crippen molar-refractivity contribution in [1.82, 2.24) is 5.32 Å². The van der Waals surface area contributed by atoms with Gasteiger partial charge in [-0.05, 0) is 42.3 Å². The molecular formula is C17H17F4NO. The molecule has 0 saturated heterocycles. The van der Waals surface area contributed by atoms with Gasteiger partial charge in [-0.15, -0.1) is 0 Å². The van der Waals surface area contributed by atoms with Gasteiger partial charge in [0.15, 0.2) is 0 Å². The third-order valence-electron chi connectivity index (χ3n) is 3.63. The van der Waals surface area contributed by atoms with Crippen LogP contribution in [0.25, 0.3) is 0 Å². The van der Waals surface area contributed by atoms with Crippen molar-refractivity contribution in [3.05, 3.63) is 70.5 Å². The van der Waals surface area contributed by atoms with E-state index < -0.39 is 17.6 Å². The monoisotopic (exact) mass is 327 g/mol. The van der Waals surface area contributed by atoms with E-state index in [9.17, 15) is 17.6 Å². The quantitative estimate of drug-likeness (QED) is 0.807. The Labute approximate surface area is 131 Å². The molecule has 0 aromatic heterocycles. The molecule has 2 aromatic rings. The lowest BCUT2D eigenvalue weighted by Crippen LogP contribution is -2.18. The average Bonchev–Trinajstić information content (AvgIpc) is 2.53. The Morgan fingerprint density at radius 2 is 1.74 bits per heavy atom. The van der Waals surface area contributed by atoms with Gasteiger partial charge >= 0.3 is 6.18 Å². The first-order valence-electron chi connectivity index (χ1n) is 7.10. The summed E-state index contributed by atoms with van der Waals surface area (Å²) in [6, 6.07) is 9.24. The van der Waals surface area contributed by atoms with Crippen LogP contribution in [-0.4, -0.2) is 5.11 Å². The first-order chi connectivity index (χ1) is 10.8. The summed E-state index contributed by atoms with van der Waals surface area (Å²) in [6.07, 6.45) is -4.34. The zero-order valence-electron chi connectivity index (χ0n) is 12.5. The number of halogens is 4. The van der Waals surface area contributed by atoms with E-state index in [0.29, 0.717) is 6.54 Å². The predicted octanol–water partition coefficient (Wildman–Crippen LogP) is 4.19. The number of aliphatic hydroxyl groups excluding tert-OH is 1. The SMILES string of the molecule is CC(NCc1ccc(F)c(CO)c1)c1ccc(C(F)(F)F)cc1. The van der Waals surface area contributed by atoms with Crippen LogP contribution in [0.4, 0.5) is 17.6 Å². The van der Waals surface area contributed by atoms with Gasteiger partial charge in [-0.25, -0.2) is 4.39 Å². The number of benzene rings is 2. The number of aliphatic hydroxyl groups is 1. The van der Waals surface area contributed by atoms with E-state index in [4.69, 9.17) is 5.11 Å². The lowest BCUT2D eigenvalue weighted by atomic mass is 10.0. The zero-order chi connectivity index (χ0) is 17.0. The minimum Gasteiger partial charge on any atom is -0.392 e. The second-order valence-corrected chi connectivity index (χ2v) is 5.31. The Balaban J connectivity index is 2.00. The first kappa shape index (κ1) is 17.4. The van der Waals surface area contributed by atoms with Crippen molar-refractivity contribution in [2.24, 2.45) is 0 Å². The van der Waals surface area contributed by atoms with Crippen LogP contribution in [0.5, 0.6) is 0 Å². The fraction of sp³-hybridized carbons (Fsp3) is 0.294. The van der Waals surface area contributed by atoms with Crippen molar-refractivity contribution in [1.29, 1.82) is 0 Å². The predicted molar refractivity (Wildman–Crippen MR) is 79.0 cm³/mol. The molecule has 0 radical (unpaired) electrons. The highest BCUT2D eigenvalue weighted by Crippen LogP contribution is 2.29. The first-order valence-corrected chi connectivity index (χ1v) is 7.10. The molecule has 124 valence electrons. The molecule has 2 aromatic carbocycles. The zero-order valence-corrected chi connectivity index (χ0v) is 12.5. The molecule has 2 N–H and O–H groups in total. The number of hydrogen-bond acceptors (Lipinski definition) is 2. The van der Waals surface area contributed by atoms with Gasteiger partial charge < -0.3 is 10.4 Å². The fourth-order valence-corrected chi connectivity index (χ4v) is 2.21. The Morgan fingerprint density at radius 3 is 2.30 bits per heavy atom. The van der Waals surface area contributed by atoms with E-state index in [-0.39, 0.29) is 18.2 Å². The topological polar surface area (TPSA) is 32.3 Å². The summed E-state index contributed by atoms with van der Waals surface area (Å²) in [5, 5.41) is 12.2. The van der Waals surface area contributed by atoms with Gasteiger partial charge in [-0.1, -0.05) is 18.2 Å². The Morgan fingerprint density at radius 1 is 1.09 bits per heavy atom. The Kier molecular flexibility index (Phi) is 5.38. The summed E-state index contributed by atoms with van der Waals surface area (Å²) in [5.74, 6) is -0.466. The maximum absolute atomic E-state index is 13.3. The van der Waals surface area contributed by atoms with E-state index in [2.05, 4.69) is 5.32 Å². The summed E-state index contributed by atoms with van der Waals surface area (Å²) in [7, 11) is 0. The lowest BCUT2D eigenvalue weighted by Gasteiger charge is -2.16. The van der Waals surface area contributed by atoms with Crippen molar-refractivity contribution < 1.29 is 22.7 Å². The summed E-state index contributed by atoms with van der Waals surface area (Å²) in [4.78, 5) is 0. The summed E-state index contributed by atoms with van der Waals surface area (Å²) >= 11 is 0.